The number of anilines is 1. The molecule has 17 heteroatoms. The number of carboxylic acid groups (broad SMARTS) is 2. The summed E-state index contributed by atoms with van der Waals surface area (Å²) in [7, 11) is 0. The molecule has 0 bridgehead atoms. The number of aliphatic hydroxyl groups excluding tert-OH is 1. The number of aromatic nitrogens is 1. The molecule has 0 radical (unpaired) electrons. The summed E-state index contributed by atoms with van der Waals surface area (Å²) >= 11 is 8.05. The summed E-state index contributed by atoms with van der Waals surface area (Å²) in [5, 5.41) is 45.8. The minimum atomic E-state index is -1.59. The van der Waals surface area contributed by atoms with Crippen molar-refractivity contribution in [2.24, 2.45) is 5.92 Å². The number of hydrogen-bond acceptors (Lipinski definition) is 11. The van der Waals surface area contributed by atoms with Crippen LogP contribution in [0.3, 0.4) is 0 Å². The maximum absolute atomic E-state index is 15.3. The number of pyridine rings is 1. The predicted molar refractivity (Wildman–Crippen MR) is 157 cm³/mol. The van der Waals surface area contributed by atoms with Crippen LogP contribution in [0.15, 0.2) is 33.7 Å². The second kappa shape index (κ2) is 13.8. The first-order valence-electron chi connectivity index (χ1n) is 13.6. The van der Waals surface area contributed by atoms with E-state index in [1.165, 1.54) is 29.7 Å². The number of carboxylic acids is 2. The molecule has 0 spiro atoms. The monoisotopic (exact) mass is 680 g/mol. The zero-order valence-corrected chi connectivity index (χ0v) is 30.9. The van der Waals surface area contributed by atoms with E-state index >= 15 is 4.39 Å². The van der Waals surface area contributed by atoms with E-state index in [9.17, 15) is 34.9 Å². The third-order valence-electron chi connectivity index (χ3n) is 8.44. The van der Waals surface area contributed by atoms with Gasteiger partial charge in [-0.05, 0) is 31.9 Å². The number of aliphatic hydroxyl groups is 1. The van der Waals surface area contributed by atoms with Crippen molar-refractivity contribution in [2.45, 2.75) is 37.3 Å². The molecule has 4 atom stereocenters. The number of thiocarbonyl (C=S) groups is 1. The van der Waals surface area contributed by atoms with Gasteiger partial charge in [0.2, 0.25) is 0 Å². The average molecular weight is 681 g/mol. The number of quaternary nitrogens is 1. The number of thioether (sulfide) groups is 2. The number of rotatable bonds is 7. The molecule has 1 unspecified atom stereocenters. The summed E-state index contributed by atoms with van der Waals surface area (Å²) in [4.78, 5) is 40.3. The summed E-state index contributed by atoms with van der Waals surface area (Å²) in [5.41, 5.74) is -0.758. The Labute approximate surface area is 310 Å². The van der Waals surface area contributed by atoms with Gasteiger partial charge >= 0.3 is 59.1 Å². The number of benzene rings is 1. The Bertz CT molecular complexity index is 1610. The molecule has 6 rings (SSSR count). The molecule has 2 saturated heterocycles. The fraction of sp³-hybridized carbons (Fsp3) is 0.481. The van der Waals surface area contributed by atoms with Gasteiger partial charge in [-0.3, -0.25) is 4.79 Å². The fourth-order valence-corrected chi connectivity index (χ4v) is 9.05. The van der Waals surface area contributed by atoms with E-state index in [-0.39, 0.29) is 94.5 Å². The van der Waals surface area contributed by atoms with E-state index in [4.69, 9.17) is 12.2 Å². The Balaban J connectivity index is 0.00000221. The summed E-state index contributed by atoms with van der Waals surface area (Å²) in [5.74, 6) is -3.82. The minimum absolute atomic E-state index is 0. The smallest absolute Gasteiger partial charge is 0.626 e. The molecular formula is C27H27FN4Na2O7S3. The number of nitrogens with zero attached hydrogens (tertiary/aromatic N) is 4. The maximum Gasteiger partial charge on any atom is 1.00 e. The van der Waals surface area contributed by atoms with Gasteiger partial charge in [-0.1, -0.05) is 35.7 Å². The summed E-state index contributed by atoms with van der Waals surface area (Å²) in [6.45, 7) is 3.38. The Morgan fingerprint density at radius 2 is 1.84 bits per heavy atom. The van der Waals surface area contributed by atoms with Gasteiger partial charge in [-0.25, -0.2) is 4.39 Å². The second-order valence-electron chi connectivity index (χ2n) is 11.1. The first-order chi connectivity index (χ1) is 19.9. The molecule has 44 heavy (non-hydrogen) atoms. The molecule has 4 aliphatic rings. The maximum atomic E-state index is 15.3. The Kier molecular flexibility index (Phi) is 11.3. The van der Waals surface area contributed by atoms with Crippen LogP contribution in [0.5, 0.6) is 0 Å². The van der Waals surface area contributed by atoms with Crippen molar-refractivity contribution in [2.75, 3.05) is 43.4 Å². The Hall–Kier alpha value is -0.690. The van der Waals surface area contributed by atoms with E-state index in [0.717, 1.165) is 18.9 Å². The SMILES string of the molecule is C[C@@H](O)[C@@H]1C[N+]2([O-])C(C(=O)[O-])=C(CSC(=S)N3CCN(c4cc5c(cc4F)c(=O)c(C(=O)[O-])cn5C4CC4)CC3)S[C@H]12.[Na+].[Na+]. The molecule has 1 aromatic heterocycles. The topological polar surface area (TPSA) is 152 Å². The third kappa shape index (κ3) is 6.41. The van der Waals surface area contributed by atoms with Crippen molar-refractivity contribution in [3.8, 4) is 0 Å². The van der Waals surface area contributed by atoms with Gasteiger partial charge in [0.05, 0.1) is 46.2 Å². The molecule has 2 aromatic rings. The van der Waals surface area contributed by atoms with Crippen LogP contribution in [0, 0.1) is 16.9 Å². The summed E-state index contributed by atoms with van der Waals surface area (Å²) in [6, 6.07) is 2.75. The van der Waals surface area contributed by atoms with Crippen molar-refractivity contribution < 1.29 is 93.1 Å². The number of hydrogen-bond donors (Lipinski definition) is 1. The molecule has 4 heterocycles. The number of hydroxylamine groups is 3. The van der Waals surface area contributed by atoms with Crippen molar-refractivity contribution in [3.63, 3.8) is 0 Å². The van der Waals surface area contributed by atoms with Gasteiger partial charge in [0.25, 0.3) is 0 Å². The normalized spacial score (nSPS) is 25.1. The standard InChI is InChI=1S/C27H29FN4O7S3.2Na/c1-13(33)17-11-32(39)22(26(37)38)21(42-24(17)32)12-41-27(40)30-6-4-29(5-7-30)20-9-19-15(8-18(20)28)23(34)16(25(35)36)10-31(19)14-2-3-14;;/h8-10,13-14,17,24,33H,2-7,11-12H2,1H3,(H,35,36)(H,37,38);;/q;2*+1/p-2/t13-,17+,24-,32?;;/m1../s1. The number of halogens is 1. The van der Waals surface area contributed by atoms with Crippen LogP contribution in [-0.2, 0) is 4.79 Å². The van der Waals surface area contributed by atoms with Crippen LogP contribution < -0.4 is 79.7 Å². The van der Waals surface area contributed by atoms with E-state index in [1.807, 2.05) is 9.80 Å². The zero-order valence-electron chi connectivity index (χ0n) is 24.5. The molecule has 3 aliphatic heterocycles. The van der Waals surface area contributed by atoms with Crippen molar-refractivity contribution in [3.05, 3.63) is 55.7 Å². The van der Waals surface area contributed by atoms with Crippen LogP contribution in [0.4, 0.5) is 10.1 Å². The number of aromatic carboxylic acids is 1. The molecule has 1 saturated carbocycles. The molecular weight excluding hydrogens is 653 g/mol. The molecule has 1 N–H and O–H groups in total. The van der Waals surface area contributed by atoms with E-state index in [2.05, 4.69) is 0 Å². The van der Waals surface area contributed by atoms with E-state index in [0.29, 0.717) is 46.6 Å². The number of carbonyl (C=O) groups is 2. The zero-order chi connectivity index (χ0) is 30.1. The van der Waals surface area contributed by atoms with Gasteiger partial charge in [-0.2, -0.15) is 0 Å². The van der Waals surface area contributed by atoms with Crippen molar-refractivity contribution in [1.29, 1.82) is 0 Å². The van der Waals surface area contributed by atoms with Crippen molar-refractivity contribution >= 4 is 68.6 Å². The molecule has 1 aromatic carbocycles. The van der Waals surface area contributed by atoms with Crippen molar-refractivity contribution in [1.82, 2.24) is 9.47 Å². The van der Waals surface area contributed by atoms with Crippen LogP contribution >= 0.6 is 35.7 Å². The predicted octanol–water partition coefficient (Wildman–Crippen LogP) is -5.65. The number of piperazine rings is 1. The second-order valence-corrected chi connectivity index (χ2v) is 13.9. The van der Waals surface area contributed by atoms with E-state index in [1.54, 1.807) is 17.6 Å². The quantitative estimate of drug-likeness (QED) is 0.129. The fourth-order valence-electron chi connectivity index (χ4n) is 5.99. The van der Waals surface area contributed by atoms with Gasteiger partial charge < -0.3 is 49.1 Å². The van der Waals surface area contributed by atoms with Gasteiger partial charge in [0, 0.05) is 49.6 Å². The number of carbonyl (C=O) groups excluding carboxylic acids is 2. The molecule has 224 valence electrons. The van der Waals surface area contributed by atoms with Gasteiger partial charge in [0.1, 0.15) is 16.1 Å². The third-order valence-corrected chi connectivity index (χ3v) is 11.7. The van der Waals surface area contributed by atoms with Gasteiger partial charge in [0.15, 0.2) is 16.5 Å². The minimum Gasteiger partial charge on any atom is -0.626 e. The molecule has 3 fully saturated rings. The molecule has 0 amide bonds. The molecule has 11 nitrogen and oxygen atoms in total. The average Bonchev–Trinajstić information content (AvgIpc) is 3.75. The van der Waals surface area contributed by atoms with Crippen LogP contribution in [0.1, 0.15) is 36.2 Å². The first-order valence-corrected chi connectivity index (χ1v) is 15.8. The Morgan fingerprint density at radius 1 is 1.18 bits per heavy atom. The van der Waals surface area contributed by atoms with Gasteiger partial charge in [-0.15, -0.1) is 0 Å². The summed E-state index contributed by atoms with van der Waals surface area (Å²) in [6.07, 6.45) is 2.24. The Morgan fingerprint density at radius 3 is 2.41 bits per heavy atom. The number of aliphatic carboxylic acids is 1. The van der Waals surface area contributed by atoms with E-state index < -0.39 is 44.9 Å². The summed E-state index contributed by atoms with van der Waals surface area (Å²) < 4.78 is 16.5. The number of fused-ring (bicyclic) bond motifs is 2. The van der Waals surface area contributed by atoms with Crippen LogP contribution in [0.25, 0.3) is 10.9 Å². The first kappa shape index (κ1) is 36.2. The molecule has 1 aliphatic carbocycles. The van der Waals surface area contributed by atoms with Crippen LogP contribution in [-0.4, -0.2) is 85.4 Å². The largest absolute Gasteiger partial charge is 1.00 e. The van der Waals surface area contributed by atoms with Crippen LogP contribution in [0.2, 0.25) is 0 Å².